The number of hydrogen-bond acceptors (Lipinski definition) is 7. The summed E-state index contributed by atoms with van der Waals surface area (Å²) in [6.07, 6.45) is 3.55. The van der Waals surface area contributed by atoms with Gasteiger partial charge in [0.15, 0.2) is 0 Å². The number of carboxylic acid groups (broad SMARTS) is 1. The number of nitrogens with zero attached hydrogens (tertiary/aromatic N) is 3. The van der Waals surface area contributed by atoms with Gasteiger partial charge in [-0.3, -0.25) is 9.69 Å². The lowest BCUT2D eigenvalue weighted by atomic mass is 9.99. The van der Waals surface area contributed by atoms with Gasteiger partial charge in [-0.1, -0.05) is 42.5 Å². The van der Waals surface area contributed by atoms with Gasteiger partial charge in [-0.2, -0.15) is 0 Å². The summed E-state index contributed by atoms with van der Waals surface area (Å²) in [7, 11) is 1.64. The SMILES string of the molecule is COc1ccc(-c2c(-c3ccccc3)oc3ncnc(OC[C@@H]4CCCN4CCC(=O)O)c23)cc1. The molecule has 0 saturated carbocycles. The fourth-order valence-corrected chi connectivity index (χ4v) is 4.63. The van der Waals surface area contributed by atoms with Crippen LogP contribution in [0.4, 0.5) is 0 Å². The second-order valence-corrected chi connectivity index (χ2v) is 8.55. The molecule has 0 spiro atoms. The van der Waals surface area contributed by atoms with E-state index in [4.69, 9.17) is 19.0 Å². The third-order valence-electron chi connectivity index (χ3n) is 6.39. The minimum absolute atomic E-state index is 0.123. The number of rotatable bonds is 9. The maximum absolute atomic E-state index is 11.0. The molecule has 8 heteroatoms. The van der Waals surface area contributed by atoms with E-state index in [9.17, 15) is 4.79 Å². The maximum atomic E-state index is 11.0. The highest BCUT2D eigenvalue weighted by molar-refractivity contribution is 6.03. The zero-order valence-electron chi connectivity index (χ0n) is 19.5. The molecule has 3 heterocycles. The molecule has 35 heavy (non-hydrogen) atoms. The Morgan fingerprint density at radius 1 is 1.11 bits per heavy atom. The van der Waals surface area contributed by atoms with E-state index in [1.54, 1.807) is 7.11 Å². The van der Waals surface area contributed by atoms with Gasteiger partial charge in [0.05, 0.1) is 13.5 Å². The fourth-order valence-electron chi connectivity index (χ4n) is 4.63. The first-order valence-electron chi connectivity index (χ1n) is 11.7. The van der Waals surface area contributed by atoms with Crippen molar-refractivity contribution in [2.75, 3.05) is 26.8 Å². The van der Waals surface area contributed by atoms with Gasteiger partial charge < -0.3 is 19.0 Å². The third kappa shape index (κ3) is 4.83. The van der Waals surface area contributed by atoms with E-state index in [2.05, 4.69) is 14.9 Å². The van der Waals surface area contributed by atoms with Crippen molar-refractivity contribution in [1.29, 1.82) is 0 Å². The van der Waals surface area contributed by atoms with Crippen LogP contribution >= 0.6 is 0 Å². The van der Waals surface area contributed by atoms with Crippen molar-refractivity contribution < 1.29 is 23.8 Å². The van der Waals surface area contributed by atoms with E-state index in [1.165, 1.54) is 6.33 Å². The van der Waals surface area contributed by atoms with Crippen LogP contribution in [0.15, 0.2) is 65.3 Å². The summed E-state index contributed by atoms with van der Waals surface area (Å²) in [4.78, 5) is 22.1. The predicted octanol–water partition coefficient (Wildman–Crippen LogP) is 4.88. The van der Waals surface area contributed by atoms with Crippen molar-refractivity contribution >= 4 is 17.1 Å². The largest absolute Gasteiger partial charge is 0.497 e. The zero-order chi connectivity index (χ0) is 24.2. The topological polar surface area (TPSA) is 97.9 Å². The Morgan fingerprint density at radius 3 is 2.66 bits per heavy atom. The molecular formula is C27H27N3O5. The van der Waals surface area contributed by atoms with Gasteiger partial charge >= 0.3 is 5.97 Å². The third-order valence-corrected chi connectivity index (χ3v) is 6.39. The number of aromatic nitrogens is 2. The van der Waals surface area contributed by atoms with Gasteiger partial charge in [-0.15, -0.1) is 0 Å². The summed E-state index contributed by atoms with van der Waals surface area (Å²) in [5, 5.41) is 9.78. The number of furan rings is 1. The lowest BCUT2D eigenvalue weighted by Gasteiger charge is -2.23. The Bertz CT molecular complexity index is 1300. The Morgan fingerprint density at radius 2 is 1.91 bits per heavy atom. The van der Waals surface area contributed by atoms with Gasteiger partial charge in [0.25, 0.3) is 0 Å². The number of aliphatic carboxylic acids is 1. The van der Waals surface area contributed by atoms with Gasteiger partial charge in [0.2, 0.25) is 11.6 Å². The average Bonchev–Trinajstić information content (AvgIpc) is 3.51. The monoisotopic (exact) mass is 473 g/mol. The van der Waals surface area contributed by atoms with Crippen molar-refractivity contribution in [2.45, 2.75) is 25.3 Å². The van der Waals surface area contributed by atoms with E-state index >= 15 is 0 Å². The molecule has 1 N–H and O–H groups in total. The minimum atomic E-state index is -0.787. The number of benzene rings is 2. The lowest BCUT2D eigenvalue weighted by Crippen LogP contribution is -2.35. The van der Waals surface area contributed by atoms with Crippen LogP contribution in [0.1, 0.15) is 19.3 Å². The van der Waals surface area contributed by atoms with Crippen molar-refractivity contribution in [3.05, 3.63) is 60.9 Å². The number of ether oxygens (including phenoxy) is 2. The van der Waals surface area contributed by atoms with Gasteiger partial charge in [-0.25, -0.2) is 9.97 Å². The molecule has 8 nitrogen and oxygen atoms in total. The van der Waals surface area contributed by atoms with Crippen molar-refractivity contribution in [1.82, 2.24) is 14.9 Å². The van der Waals surface area contributed by atoms with E-state index in [-0.39, 0.29) is 12.5 Å². The van der Waals surface area contributed by atoms with Crippen LogP contribution in [0.25, 0.3) is 33.6 Å². The first kappa shape index (κ1) is 22.9. The average molecular weight is 474 g/mol. The summed E-state index contributed by atoms with van der Waals surface area (Å²) >= 11 is 0. The second kappa shape index (κ2) is 10.1. The molecule has 0 amide bonds. The summed E-state index contributed by atoms with van der Waals surface area (Å²) < 4.78 is 17.9. The number of carbonyl (C=O) groups is 1. The first-order chi connectivity index (χ1) is 17.1. The summed E-state index contributed by atoms with van der Waals surface area (Å²) in [5.41, 5.74) is 3.18. The highest BCUT2D eigenvalue weighted by Gasteiger charge is 2.27. The van der Waals surface area contributed by atoms with Gasteiger partial charge in [-0.05, 0) is 37.1 Å². The summed E-state index contributed by atoms with van der Waals surface area (Å²) in [6, 6.07) is 17.8. The number of fused-ring (bicyclic) bond motifs is 1. The quantitative estimate of drug-likeness (QED) is 0.367. The maximum Gasteiger partial charge on any atom is 0.304 e. The molecule has 4 aromatic rings. The summed E-state index contributed by atoms with van der Waals surface area (Å²) in [6.45, 7) is 1.81. The molecule has 0 unspecified atom stereocenters. The Kier molecular flexibility index (Phi) is 6.63. The van der Waals surface area contributed by atoms with E-state index in [0.717, 1.165) is 41.8 Å². The molecule has 1 fully saturated rings. The van der Waals surface area contributed by atoms with Gasteiger partial charge in [0.1, 0.15) is 29.8 Å². The fraction of sp³-hybridized carbons (Fsp3) is 0.296. The molecular weight excluding hydrogens is 446 g/mol. The molecule has 0 radical (unpaired) electrons. The van der Waals surface area contributed by atoms with Crippen LogP contribution < -0.4 is 9.47 Å². The van der Waals surface area contributed by atoms with Crippen molar-refractivity contribution in [2.24, 2.45) is 0 Å². The summed E-state index contributed by atoms with van der Waals surface area (Å²) in [5.74, 6) is 1.13. The van der Waals surface area contributed by atoms with Crippen LogP contribution in [0.3, 0.4) is 0 Å². The van der Waals surface area contributed by atoms with E-state index in [1.807, 2.05) is 54.6 Å². The molecule has 1 saturated heterocycles. The molecule has 5 rings (SSSR count). The molecule has 0 bridgehead atoms. The Balaban J connectivity index is 1.53. The second-order valence-electron chi connectivity index (χ2n) is 8.55. The van der Waals surface area contributed by atoms with Crippen LogP contribution in [-0.4, -0.2) is 58.8 Å². The number of likely N-dealkylation sites (tertiary alicyclic amines) is 1. The minimum Gasteiger partial charge on any atom is -0.497 e. The molecule has 2 aromatic heterocycles. The zero-order valence-corrected chi connectivity index (χ0v) is 19.5. The smallest absolute Gasteiger partial charge is 0.304 e. The molecule has 180 valence electrons. The molecule has 1 aliphatic heterocycles. The van der Waals surface area contributed by atoms with Crippen LogP contribution in [0, 0.1) is 0 Å². The van der Waals surface area contributed by atoms with E-state index < -0.39 is 5.97 Å². The normalized spacial score (nSPS) is 16.0. The molecule has 0 aliphatic carbocycles. The number of methoxy groups -OCH3 is 1. The molecule has 1 atom stereocenters. The molecule has 2 aromatic carbocycles. The van der Waals surface area contributed by atoms with Crippen LogP contribution in [0.2, 0.25) is 0 Å². The van der Waals surface area contributed by atoms with Gasteiger partial charge in [0, 0.05) is 23.7 Å². The Labute approximate surface area is 203 Å². The first-order valence-corrected chi connectivity index (χ1v) is 11.7. The number of carboxylic acids is 1. The van der Waals surface area contributed by atoms with Crippen LogP contribution in [0.5, 0.6) is 11.6 Å². The van der Waals surface area contributed by atoms with E-state index in [0.29, 0.717) is 35.9 Å². The lowest BCUT2D eigenvalue weighted by molar-refractivity contribution is -0.137. The highest BCUT2D eigenvalue weighted by atomic mass is 16.5. The predicted molar refractivity (Wildman–Crippen MR) is 132 cm³/mol. The molecule has 1 aliphatic rings. The number of hydrogen-bond donors (Lipinski definition) is 1. The highest BCUT2D eigenvalue weighted by Crippen LogP contribution is 2.43. The van der Waals surface area contributed by atoms with Crippen molar-refractivity contribution in [3.8, 4) is 34.1 Å². The van der Waals surface area contributed by atoms with Crippen LogP contribution in [-0.2, 0) is 4.79 Å². The standard InChI is InChI=1S/C27H27N3O5/c1-33-21-11-9-18(10-12-21)23-24-26(34-16-20-8-5-14-30(20)15-13-22(31)32)28-17-29-27(24)35-25(23)19-6-3-2-4-7-19/h2-4,6-7,9-12,17,20H,5,8,13-16H2,1H3,(H,31,32)/t20-/m0/s1. The Hall–Kier alpha value is -3.91. The van der Waals surface area contributed by atoms with Crippen molar-refractivity contribution in [3.63, 3.8) is 0 Å².